The summed E-state index contributed by atoms with van der Waals surface area (Å²) in [5.74, 6) is -2.58. The number of hydrogen-bond acceptors (Lipinski definition) is 6. The first-order valence-electron chi connectivity index (χ1n) is 4.75. The Bertz CT molecular complexity index is 415. The topological polar surface area (TPSA) is 86.7 Å². The molecule has 96 valence electrons. The number of ether oxygens (including phenoxy) is 2. The van der Waals surface area contributed by atoms with Crippen molar-refractivity contribution < 1.29 is 28.7 Å². The SMILES string of the molecule is C=C(C)C(=O)OC(=O)C(=C)C.O=C1C=CC(=O)O1. The van der Waals surface area contributed by atoms with Crippen molar-refractivity contribution in [2.45, 2.75) is 13.8 Å². The quantitative estimate of drug-likeness (QED) is 0.411. The van der Waals surface area contributed by atoms with E-state index in [-0.39, 0.29) is 11.1 Å². The molecule has 1 heterocycles. The Kier molecular flexibility index (Phi) is 5.98. The molecule has 0 radical (unpaired) electrons. The van der Waals surface area contributed by atoms with Crippen LogP contribution in [0.15, 0.2) is 36.5 Å². The lowest BCUT2D eigenvalue weighted by Crippen LogP contribution is -2.12. The summed E-state index contributed by atoms with van der Waals surface area (Å²) in [4.78, 5) is 41.2. The Labute approximate surface area is 104 Å². The van der Waals surface area contributed by atoms with Gasteiger partial charge in [0.2, 0.25) is 0 Å². The highest BCUT2D eigenvalue weighted by Gasteiger charge is 2.11. The lowest BCUT2D eigenvalue weighted by molar-refractivity contribution is -0.154. The second-order valence-electron chi connectivity index (χ2n) is 3.31. The minimum absolute atomic E-state index is 0.194. The van der Waals surface area contributed by atoms with Gasteiger partial charge in [-0.25, -0.2) is 19.2 Å². The molecule has 1 aliphatic heterocycles. The molecule has 0 atom stereocenters. The lowest BCUT2D eigenvalue weighted by Gasteiger charge is -1.99. The highest BCUT2D eigenvalue weighted by Crippen LogP contribution is 1.97. The standard InChI is InChI=1S/C8H10O3.C4H2O3/c1-5(2)7(9)11-8(10)6(3)4;5-3-1-2-4(6)7-3/h1,3H2,2,4H3;1-2H. The van der Waals surface area contributed by atoms with E-state index in [0.717, 1.165) is 12.2 Å². The molecular weight excluding hydrogens is 240 g/mol. The fourth-order valence-corrected chi connectivity index (χ4v) is 0.562. The lowest BCUT2D eigenvalue weighted by atomic mass is 10.3. The highest BCUT2D eigenvalue weighted by atomic mass is 16.6. The fourth-order valence-electron chi connectivity index (χ4n) is 0.562. The van der Waals surface area contributed by atoms with Crippen molar-refractivity contribution >= 4 is 23.9 Å². The Hall–Kier alpha value is -2.50. The average Bonchev–Trinajstić information content (AvgIpc) is 2.62. The van der Waals surface area contributed by atoms with Crippen molar-refractivity contribution in [1.82, 2.24) is 0 Å². The zero-order valence-corrected chi connectivity index (χ0v) is 10.0. The van der Waals surface area contributed by atoms with Crippen LogP contribution < -0.4 is 0 Å². The highest BCUT2D eigenvalue weighted by molar-refractivity contribution is 6.05. The van der Waals surface area contributed by atoms with Crippen LogP contribution in [0.4, 0.5) is 0 Å². The van der Waals surface area contributed by atoms with E-state index >= 15 is 0 Å². The van der Waals surface area contributed by atoms with Crippen LogP contribution in [0.2, 0.25) is 0 Å². The predicted octanol–water partition coefficient (Wildman–Crippen LogP) is 0.834. The van der Waals surface area contributed by atoms with E-state index in [2.05, 4.69) is 22.6 Å². The van der Waals surface area contributed by atoms with Crippen molar-refractivity contribution in [1.29, 1.82) is 0 Å². The Morgan fingerprint density at radius 1 is 1.00 bits per heavy atom. The van der Waals surface area contributed by atoms with Gasteiger partial charge in [0.25, 0.3) is 0 Å². The van der Waals surface area contributed by atoms with E-state index in [1.165, 1.54) is 13.8 Å². The van der Waals surface area contributed by atoms with Gasteiger partial charge in [0.1, 0.15) is 0 Å². The van der Waals surface area contributed by atoms with Gasteiger partial charge in [0.15, 0.2) is 0 Å². The first-order chi connectivity index (χ1) is 8.23. The predicted molar refractivity (Wildman–Crippen MR) is 61.0 cm³/mol. The number of carbonyl (C=O) groups is 4. The third-order valence-electron chi connectivity index (χ3n) is 1.44. The van der Waals surface area contributed by atoms with E-state index in [1.807, 2.05) is 0 Å². The zero-order valence-electron chi connectivity index (χ0n) is 10.0. The Balaban J connectivity index is 0.000000351. The third-order valence-corrected chi connectivity index (χ3v) is 1.44. The molecule has 0 unspecified atom stereocenters. The maximum atomic E-state index is 10.7. The van der Waals surface area contributed by atoms with Gasteiger partial charge in [-0.05, 0) is 13.8 Å². The van der Waals surface area contributed by atoms with Crippen LogP contribution in [0.5, 0.6) is 0 Å². The summed E-state index contributed by atoms with van der Waals surface area (Å²) in [6, 6.07) is 0. The van der Waals surface area contributed by atoms with Crippen molar-refractivity contribution in [2.24, 2.45) is 0 Å². The minimum atomic E-state index is -0.710. The van der Waals surface area contributed by atoms with Crippen LogP contribution in [-0.2, 0) is 28.7 Å². The normalized spacial score (nSPS) is 12.1. The monoisotopic (exact) mass is 252 g/mol. The fraction of sp³-hybridized carbons (Fsp3) is 0.167. The molecule has 0 fully saturated rings. The van der Waals surface area contributed by atoms with Gasteiger partial charge >= 0.3 is 23.9 Å². The summed E-state index contributed by atoms with van der Waals surface area (Å²) in [6.07, 6.45) is 2.17. The first-order valence-corrected chi connectivity index (χ1v) is 4.75. The molecule has 0 amide bonds. The molecule has 0 saturated carbocycles. The summed E-state index contributed by atoms with van der Waals surface area (Å²) in [7, 11) is 0. The number of esters is 4. The summed E-state index contributed by atoms with van der Waals surface area (Å²) in [6.45, 7) is 9.55. The van der Waals surface area contributed by atoms with Gasteiger partial charge in [0.05, 0.1) is 0 Å². The maximum absolute atomic E-state index is 10.7. The summed E-state index contributed by atoms with van der Waals surface area (Å²) in [5.41, 5.74) is 0.388. The average molecular weight is 252 g/mol. The first kappa shape index (κ1) is 15.5. The summed E-state index contributed by atoms with van der Waals surface area (Å²) < 4.78 is 8.27. The van der Waals surface area contributed by atoms with Crippen LogP contribution in [0.3, 0.4) is 0 Å². The van der Waals surface area contributed by atoms with E-state index in [1.54, 1.807) is 0 Å². The van der Waals surface area contributed by atoms with Gasteiger partial charge in [-0.2, -0.15) is 0 Å². The molecule has 1 aliphatic rings. The smallest absolute Gasteiger partial charge is 0.340 e. The van der Waals surface area contributed by atoms with E-state index in [4.69, 9.17) is 0 Å². The number of cyclic esters (lactones) is 2. The molecular formula is C12H12O6. The summed E-state index contributed by atoms with van der Waals surface area (Å²) in [5, 5.41) is 0. The largest absolute Gasteiger partial charge is 0.387 e. The molecule has 0 saturated heterocycles. The van der Waals surface area contributed by atoms with Crippen LogP contribution in [0, 0.1) is 0 Å². The second kappa shape index (κ2) is 6.95. The molecule has 0 aromatic rings. The third kappa shape index (κ3) is 6.16. The minimum Gasteiger partial charge on any atom is -0.387 e. The molecule has 0 aliphatic carbocycles. The molecule has 18 heavy (non-hydrogen) atoms. The molecule has 0 aromatic carbocycles. The van der Waals surface area contributed by atoms with E-state index in [0.29, 0.717) is 0 Å². The van der Waals surface area contributed by atoms with Gasteiger partial charge in [-0.15, -0.1) is 0 Å². The molecule has 6 nitrogen and oxygen atoms in total. The number of carbonyl (C=O) groups excluding carboxylic acids is 4. The summed E-state index contributed by atoms with van der Waals surface area (Å²) >= 11 is 0. The van der Waals surface area contributed by atoms with Gasteiger partial charge in [-0.3, -0.25) is 0 Å². The Morgan fingerprint density at radius 3 is 1.50 bits per heavy atom. The molecule has 1 rings (SSSR count). The van der Waals surface area contributed by atoms with E-state index < -0.39 is 23.9 Å². The Morgan fingerprint density at radius 2 is 1.33 bits per heavy atom. The number of rotatable bonds is 2. The molecule has 0 aromatic heterocycles. The van der Waals surface area contributed by atoms with Crippen LogP contribution in [0.25, 0.3) is 0 Å². The second-order valence-corrected chi connectivity index (χ2v) is 3.31. The van der Waals surface area contributed by atoms with Crippen LogP contribution >= 0.6 is 0 Å². The van der Waals surface area contributed by atoms with Crippen molar-refractivity contribution in [3.8, 4) is 0 Å². The van der Waals surface area contributed by atoms with Crippen LogP contribution in [-0.4, -0.2) is 23.9 Å². The maximum Gasteiger partial charge on any atom is 0.340 e. The van der Waals surface area contributed by atoms with Gasteiger partial charge in [0, 0.05) is 23.3 Å². The van der Waals surface area contributed by atoms with Gasteiger partial charge < -0.3 is 9.47 Å². The molecule has 0 bridgehead atoms. The van der Waals surface area contributed by atoms with Crippen LogP contribution in [0.1, 0.15) is 13.8 Å². The molecule has 0 N–H and O–H groups in total. The van der Waals surface area contributed by atoms with Crippen molar-refractivity contribution in [2.75, 3.05) is 0 Å². The number of hydrogen-bond donors (Lipinski definition) is 0. The van der Waals surface area contributed by atoms with E-state index in [9.17, 15) is 19.2 Å². The molecule has 0 spiro atoms. The van der Waals surface area contributed by atoms with Crippen molar-refractivity contribution in [3.63, 3.8) is 0 Å². The van der Waals surface area contributed by atoms with Gasteiger partial charge in [-0.1, -0.05) is 13.2 Å². The van der Waals surface area contributed by atoms with Crippen molar-refractivity contribution in [3.05, 3.63) is 36.5 Å². The molecule has 6 heteroatoms. The zero-order chi connectivity index (χ0) is 14.3.